The molecule has 1 aromatic heterocycles. The molecule has 1 aromatic rings. The first-order valence-corrected chi connectivity index (χ1v) is 3.59. The normalized spacial score (nSPS) is 10.0. The fourth-order valence-corrected chi connectivity index (χ4v) is 0.685. The molecule has 0 unspecified atom stereocenters. The average molecular weight is 156 g/mol. The minimum atomic E-state index is 0.255. The van der Waals surface area contributed by atoms with E-state index in [1.807, 2.05) is 19.9 Å². The highest BCUT2D eigenvalue weighted by atomic mass is 16.7. The van der Waals surface area contributed by atoms with E-state index in [1.165, 1.54) is 0 Å². The molecule has 0 aromatic carbocycles. The van der Waals surface area contributed by atoms with Crippen LogP contribution in [0.2, 0.25) is 0 Å². The van der Waals surface area contributed by atoms with Gasteiger partial charge in [-0.3, -0.25) is 0 Å². The van der Waals surface area contributed by atoms with E-state index < -0.39 is 0 Å². The van der Waals surface area contributed by atoms with Crippen LogP contribution in [-0.4, -0.2) is 13.4 Å². The Labute approximate surface area is 65.9 Å². The number of rotatable bonds is 4. The highest BCUT2D eigenvalue weighted by molar-refractivity contribution is 5.19. The molecule has 0 aliphatic carbocycles. The maximum Gasteiger partial charge on any atom is 0.289 e. The van der Waals surface area contributed by atoms with E-state index in [0.717, 1.165) is 5.56 Å². The molecular weight excluding hydrogens is 144 g/mol. The molecule has 0 spiro atoms. The van der Waals surface area contributed by atoms with E-state index in [1.54, 1.807) is 6.26 Å². The Balaban J connectivity index is 2.32. The zero-order chi connectivity index (χ0) is 8.10. The molecule has 0 saturated heterocycles. The summed E-state index contributed by atoms with van der Waals surface area (Å²) >= 11 is 0. The Morgan fingerprint density at radius 1 is 1.55 bits per heavy atom. The van der Waals surface area contributed by atoms with Crippen LogP contribution < -0.4 is 4.74 Å². The fraction of sp³-hybridized carbons (Fsp3) is 0.500. The van der Waals surface area contributed by atoms with Crippen LogP contribution in [0.25, 0.3) is 0 Å². The van der Waals surface area contributed by atoms with E-state index >= 15 is 0 Å². The van der Waals surface area contributed by atoms with Crippen molar-refractivity contribution in [2.45, 2.75) is 13.8 Å². The van der Waals surface area contributed by atoms with Crippen LogP contribution in [0.3, 0.4) is 0 Å². The molecule has 11 heavy (non-hydrogen) atoms. The molecule has 1 rings (SSSR count). The fourth-order valence-electron chi connectivity index (χ4n) is 0.685. The van der Waals surface area contributed by atoms with Gasteiger partial charge in [0, 0.05) is 12.2 Å². The van der Waals surface area contributed by atoms with Gasteiger partial charge in [0.05, 0.1) is 6.26 Å². The van der Waals surface area contributed by atoms with Crippen molar-refractivity contribution < 1.29 is 13.9 Å². The summed E-state index contributed by atoms with van der Waals surface area (Å²) in [6.07, 6.45) is 1.59. The first-order valence-electron chi connectivity index (χ1n) is 3.59. The van der Waals surface area contributed by atoms with Crippen LogP contribution in [0, 0.1) is 6.92 Å². The number of ether oxygens (including phenoxy) is 2. The summed E-state index contributed by atoms with van der Waals surface area (Å²) in [6.45, 7) is 4.74. The van der Waals surface area contributed by atoms with E-state index in [2.05, 4.69) is 0 Å². The van der Waals surface area contributed by atoms with Crippen molar-refractivity contribution in [3.05, 3.63) is 17.9 Å². The summed E-state index contributed by atoms with van der Waals surface area (Å²) in [5.74, 6) is 0.540. The number of furan rings is 1. The lowest BCUT2D eigenvalue weighted by molar-refractivity contribution is 0.00813. The van der Waals surface area contributed by atoms with Crippen molar-refractivity contribution in [1.82, 2.24) is 0 Å². The average Bonchev–Trinajstić information content (AvgIpc) is 2.37. The predicted octanol–water partition coefficient (Wildman–Crippen LogP) is 1.96. The maximum atomic E-state index is 5.13. The predicted molar refractivity (Wildman–Crippen MR) is 40.6 cm³/mol. The summed E-state index contributed by atoms with van der Waals surface area (Å²) < 4.78 is 15.1. The van der Waals surface area contributed by atoms with E-state index in [4.69, 9.17) is 13.9 Å². The SMILES string of the molecule is CCOCOc1occc1C. The highest BCUT2D eigenvalue weighted by Crippen LogP contribution is 2.17. The number of hydrogen-bond acceptors (Lipinski definition) is 3. The van der Waals surface area contributed by atoms with Crippen LogP contribution >= 0.6 is 0 Å². The van der Waals surface area contributed by atoms with Crippen molar-refractivity contribution in [3.63, 3.8) is 0 Å². The molecule has 0 fully saturated rings. The van der Waals surface area contributed by atoms with Crippen molar-refractivity contribution in [3.8, 4) is 5.95 Å². The van der Waals surface area contributed by atoms with Gasteiger partial charge in [-0.15, -0.1) is 0 Å². The number of aryl methyl sites for hydroxylation is 1. The molecule has 3 nitrogen and oxygen atoms in total. The van der Waals surface area contributed by atoms with Crippen LogP contribution in [0.4, 0.5) is 0 Å². The van der Waals surface area contributed by atoms with E-state index in [0.29, 0.717) is 12.6 Å². The Morgan fingerprint density at radius 2 is 2.36 bits per heavy atom. The lowest BCUT2D eigenvalue weighted by Gasteiger charge is -2.01. The maximum absolute atomic E-state index is 5.13. The molecule has 0 radical (unpaired) electrons. The third-order valence-corrected chi connectivity index (χ3v) is 1.29. The van der Waals surface area contributed by atoms with Crippen molar-refractivity contribution >= 4 is 0 Å². The standard InChI is InChI=1S/C8H12O3/c1-3-9-6-11-8-7(2)4-5-10-8/h4-5H,3,6H2,1-2H3. The van der Waals surface area contributed by atoms with Gasteiger partial charge in [0.2, 0.25) is 0 Å². The summed E-state index contributed by atoms with van der Waals surface area (Å²) in [6, 6.07) is 1.85. The molecule has 0 amide bonds. The van der Waals surface area contributed by atoms with Gasteiger partial charge in [0.25, 0.3) is 5.95 Å². The molecule has 0 saturated carbocycles. The zero-order valence-corrected chi connectivity index (χ0v) is 6.79. The molecule has 0 bridgehead atoms. The minimum absolute atomic E-state index is 0.255. The summed E-state index contributed by atoms with van der Waals surface area (Å²) in [4.78, 5) is 0. The van der Waals surface area contributed by atoms with Gasteiger partial charge in [-0.2, -0.15) is 0 Å². The molecule has 0 aliphatic rings. The van der Waals surface area contributed by atoms with Crippen LogP contribution in [-0.2, 0) is 4.74 Å². The van der Waals surface area contributed by atoms with Gasteiger partial charge < -0.3 is 13.9 Å². The lowest BCUT2D eigenvalue weighted by Crippen LogP contribution is -2.01. The molecule has 62 valence electrons. The monoisotopic (exact) mass is 156 g/mol. The van der Waals surface area contributed by atoms with Crippen LogP contribution in [0.1, 0.15) is 12.5 Å². The summed E-state index contributed by atoms with van der Waals surface area (Å²) in [7, 11) is 0. The molecule has 1 heterocycles. The van der Waals surface area contributed by atoms with Gasteiger partial charge >= 0.3 is 0 Å². The van der Waals surface area contributed by atoms with E-state index in [-0.39, 0.29) is 6.79 Å². The van der Waals surface area contributed by atoms with Crippen molar-refractivity contribution in [2.75, 3.05) is 13.4 Å². The van der Waals surface area contributed by atoms with Gasteiger partial charge in [-0.1, -0.05) is 0 Å². The summed E-state index contributed by atoms with van der Waals surface area (Å²) in [5.41, 5.74) is 0.990. The molecular formula is C8H12O3. The quantitative estimate of drug-likeness (QED) is 0.493. The van der Waals surface area contributed by atoms with Crippen LogP contribution in [0.5, 0.6) is 5.95 Å². The van der Waals surface area contributed by atoms with Gasteiger partial charge in [-0.25, -0.2) is 0 Å². The molecule has 0 aliphatic heterocycles. The second kappa shape index (κ2) is 4.03. The second-order valence-corrected chi connectivity index (χ2v) is 2.15. The molecule has 0 atom stereocenters. The Bertz CT molecular complexity index is 205. The Hall–Kier alpha value is -0.960. The Kier molecular flexibility index (Phi) is 2.98. The molecule has 0 N–H and O–H groups in total. The van der Waals surface area contributed by atoms with Gasteiger partial charge in [0.15, 0.2) is 6.79 Å². The minimum Gasteiger partial charge on any atom is -0.438 e. The number of hydrogen-bond donors (Lipinski definition) is 0. The smallest absolute Gasteiger partial charge is 0.289 e. The van der Waals surface area contributed by atoms with E-state index in [9.17, 15) is 0 Å². The highest BCUT2D eigenvalue weighted by Gasteiger charge is 2.00. The Morgan fingerprint density at radius 3 is 2.91 bits per heavy atom. The van der Waals surface area contributed by atoms with Gasteiger partial charge in [0.1, 0.15) is 0 Å². The second-order valence-electron chi connectivity index (χ2n) is 2.15. The summed E-state index contributed by atoms with van der Waals surface area (Å²) in [5, 5.41) is 0. The third-order valence-electron chi connectivity index (χ3n) is 1.29. The lowest BCUT2D eigenvalue weighted by atomic mass is 10.4. The van der Waals surface area contributed by atoms with Crippen LogP contribution in [0.15, 0.2) is 16.7 Å². The first-order chi connectivity index (χ1) is 5.34. The van der Waals surface area contributed by atoms with Crippen molar-refractivity contribution in [1.29, 1.82) is 0 Å². The topological polar surface area (TPSA) is 31.6 Å². The largest absolute Gasteiger partial charge is 0.438 e. The first kappa shape index (κ1) is 8.14. The van der Waals surface area contributed by atoms with Gasteiger partial charge in [-0.05, 0) is 19.9 Å². The van der Waals surface area contributed by atoms with Crippen molar-refractivity contribution in [2.24, 2.45) is 0 Å². The molecule has 3 heteroatoms. The third kappa shape index (κ3) is 2.27. The zero-order valence-electron chi connectivity index (χ0n) is 6.79.